The van der Waals surface area contributed by atoms with Crippen molar-refractivity contribution >= 4 is 32.8 Å². The van der Waals surface area contributed by atoms with Gasteiger partial charge in [0.05, 0.1) is 25.4 Å². The van der Waals surface area contributed by atoms with Crippen molar-refractivity contribution in [3.05, 3.63) is 86.8 Å². The molecule has 0 amide bonds. The molecule has 0 fully saturated rings. The molecule has 0 aliphatic carbocycles. The van der Waals surface area contributed by atoms with Gasteiger partial charge in [0.15, 0.2) is 16.4 Å². The molecule has 0 saturated heterocycles. The third-order valence-corrected chi connectivity index (χ3v) is 8.19. The summed E-state index contributed by atoms with van der Waals surface area (Å²) in [5, 5.41) is 4.66. The Hall–Kier alpha value is -3.37. The molecule has 190 valence electrons. The van der Waals surface area contributed by atoms with Gasteiger partial charge in [-0.25, -0.2) is 12.8 Å². The summed E-state index contributed by atoms with van der Waals surface area (Å²) in [7, 11) is -4.15. The van der Waals surface area contributed by atoms with E-state index in [0.717, 1.165) is 9.87 Å². The van der Waals surface area contributed by atoms with E-state index in [1.165, 1.54) is 35.7 Å². The molecule has 10 heteroatoms. The number of nitrogens with one attached hydrogen (secondary N) is 1. The zero-order chi connectivity index (χ0) is 25.7. The zero-order valence-electron chi connectivity index (χ0n) is 20.0. The van der Waals surface area contributed by atoms with E-state index in [1.807, 2.05) is 32.0 Å². The van der Waals surface area contributed by atoms with Crippen LogP contribution in [0.4, 0.5) is 10.1 Å². The molecule has 0 atom stereocenters. The molecular weight excluding hydrogens is 503 g/mol. The molecule has 0 radical (unpaired) electrons. The van der Waals surface area contributed by atoms with Crippen molar-refractivity contribution < 1.29 is 27.1 Å². The number of halogens is 1. The largest absolute Gasteiger partial charge is 0.490 e. The van der Waals surface area contributed by atoms with Gasteiger partial charge < -0.3 is 14.8 Å². The van der Waals surface area contributed by atoms with E-state index < -0.39 is 21.6 Å². The van der Waals surface area contributed by atoms with Gasteiger partial charge in [-0.15, -0.1) is 11.3 Å². The Morgan fingerprint density at radius 3 is 2.56 bits per heavy atom. The van der Waals surface area contributed by atoms with Crippen molar-refractivity contribution in [1.82, 2.24) is 5.32 Å². The van der Waals surface area contributed by atoms with Crippen LogP contribution in [0.5, 0.6) is 11.5 Å². The fourth-order valence-corrected chi connectivity index (χ4v) is 6.40. The van der Waals surface area contributed by atoms with Crippen molar-refractivity contribution in [2.75, 3.05) is 24.1 Å². The molecule has 0 saturated carbocycles. The second kappa shape index (κ2) is 11.1. The minimum atomic E-state index is -4.15. The fraction of sp³-hybridized carbons (Fsp3) is 0.269. The van der Waals surface area contributed by atoms with E-state index in [2.05, 4.69) is 5.32 Å². The second-order valence-corrected chi connectivity index (χ2v) is 10.7. The molecule has 1 aromatic heterocycles. The molecule has 0 bridgehead atoms. The highest BCUT2D eigenvalue weighted by atomic mass is 32.2. The minimum Gasteiger partial charge on any atom is -0.490 e. The first-order valence-corrected chi connectivity index (χ1v) is 13.9. The van der Waals surface area contributed by atoms with Crippen LogP contribution in [-0.2, 0) is 23.0 Å². The van der Waals surface area contributed by atoms with Crippen molar-refractivity contribution in [3.8, 4) is 11.5 Å². The van der Waals surface area contributed by atoms with E-state index in [9.17, 15) is 17.6 Å². The number of ether oxygens (including phenoxy) is 2. The maximum atomic E-state index is 13.7. The first-order valence-electron chi connectivity index (χ1n) is 11.6. The highest BCUT2D eigenvalue weighted by Crippen LogP contribution is 2.39. The van der Waals surface area contributed by atoms with Gasteiger partial charge in [-0.05, 0) is 67.1 Å². The zero-order valence-corrected chi connectivity index (χ0v) is 21.6. The van der Waals surface area contributed by atoms with Gasteiger partial charge in [0.1, 0.15) is 10.7 Å². The SMILES string of the molecule is CCOc1ccc(CCNC=C2C(=O)c3sccc3N(Cc3cccc(F)c3)S2(=O)=O)cc1OCC. The average molecular weight is 531 g/mol. The number of carbonyl (C=O) groups is 1. The number of ketones is 1. The number of nitrogens with zero attached hydrogens (tertiary/aromatic N) is 1. The maximum absolute atomic E-state index is 13.7. The summed E-state index contributed by atoms with van der Waals surface area (Å²) in [4.78, 5) is 13.0. The summed E-state index contributed by atoms with van der Waals surface area (Å²) in [6, 6.07) is 13.0. The lowest BCUT2D eigenvalue weighted by Gasteiger charge is -2.29. The number of anilines is 1. The van der Waals surface area contributed by atoms with E-state index in [4.69, 9.17) is 9.47 Å². The summed E-state index contributed by atoms with van der Waals surface area (Å²) in [6.07, 6.45) is 1.83. The molecule has 2 heterocycles. The Balaban J connectivity index is 1.52. The quantitative estimate of drug-likeness (QED) is 0.297. The number of allylic oxidation sites excluding steroid dienone is 1. The van der Waals surface area contributed by atoms with Crippen molar-refractivity contribution in [1.29, 1.82) is 0 Å². The predicted molar refractivity (Wildman–Crippen MR) is 139 cm³/mol. The van der Waals surface area contributed by atoms with Crippen LogP contribution in [-0.4, -0.2) is 34.0 Å². The van der Waals surface area contributed by atoms with Crippen LogP contribution in [0.1, 0.15) is 34.6 Å². The Morgan fingerprint density at radius 2 is 1.81 bits per heavy atom. The van der Waals surface area contributed by atoms with Crippen molar-refractivity contribution in [3.63, 3.8) is 0 Å². The molecule has 2 aromatic carbocycles. The molecule has 36 heavy (non-hydrogen) atoms. The van der Waals surface area contributed by atoms with E-state index in [-0.39, 0.29) is 11.4 Å². The Bertz CT molecular complexity index is 1380. The topological polar surface area (TPSA) is 84.9 Å². The number of rotatable bonds is 10. The highest BCUT2D eigenvalue weighted by molar-refractivity contribution is 7.97. The summed E-state index contributed by atoms with van der Waals surface area (Å²) in [5.74, 6) is 0.311. The van der Waals surface area contributed by atoms with Gasteiger partial charge in [0, 0.05) is 12.7 Å². The normalized spacial score (nSPS) is 15.6. The van der Waals surface area contributed by atoms with Crippen LogP contribution >= 0.6 is 11.3 Å². The van der Waals surface area contributed by atoms with Gasteiger partial charge in [0.2, 0.25) is 5.78 Å². The van der Waals surface area contributed by atoms with Gasteiger partial charge >= 0.3 is 0 Å². The average Bonchev–Trinajstić information content (AvgIpc) is 3.33. The highest BCUT2D eigenvalue weighted by Gasteiger charge is 2.41. The first kappa shape index (κ1) is 25.7. The fourth-order valence-electron chi connectivity index (χ4n) is 3.89. The number of benzene rings is 2. The second-order valence-electron chi connectivity index (χ2n) is 7.97. The van der Waals surface area contributed by atoms with Crippen LogP contribution in [0.25, 0.3) is 0 Å². The summed E-state index contributed by atoms with van der Waals surface area (Å²) < 4.78 is 53.0. The Labute approximate surface area is 214 Å². The summed E-state index contributed by atoms with van der Waals surface area (Å²) >= 11 is 1.18. The summed E-state index contributed by atoms with van der Waals surface area (Å²) in [5.41, 5.74) is 1.76. The van der Waals surface area contributed by atoms with Gasteiger partial charge in [0.25, 0.3) is 10.0 Å². The standard InChI is InChI=1S/C26H27FN2O5S2/c1-3-33-22-9-8-18(15-23(22)34-4-2)10-12-28-16-24-25(30)26-21(11-13-35-26)29(36(24,31)32)17-19-6-5-7-20(27)14-19/h5-9,11,13-16,28H,3-4,10,12,17H2,1-2H3. The Morgan fingerprint density at radius 1 is 1.03 bits per heavy atom. The number of fused-ring (bicyclic) bond motifs is 1. The lowest BCUT2D eigenvalue weighted by atomic mass is 10.1. The van der Waals surface area contributed by atoms with E-state index in [0.29, 0.717) is 53.8 Å². The van der Waals surface area contributed by atoms with Crippen LogP contribution in [0.3, 0.4) is 0 Å². The van der Waals surface area contributed by atoms with E-state index in [1.54, 1.807) is 17.5 Å². The molecule has 1 N–H and O–H groups in total. The van der Waals surface area contributed by atoms with Crippen LogP contribution in [0, 0.1) is 5.82 Å². The van der Waals surface area contributed by atoms with Crippen molar-refractivity contribution in [2.24, 2.45) is 0 Å². The number of hydrogen-bond acceptors (Lipinski definition) is 7. The number of carbonyl (C=O) groups excluding carboxylic acids is 1. The van der Waals surface area contributed by atoms with Crippen LogP contribution < -0.4 is 19.1 Å². The molecular formula is C26H27FN2O5S2. The molecule has 4 rings (SSSR count). The van der Waals surface area contributed by atoms with Gasteiger partial charge in [-0.1, -0.05) is 18.2 Å². The summed E-state index contributed by atoms with van der Waals surface area (Å²) in [6.45, 7) is 5.15. The number of hydrogen-bond donors (Lipinski definition) is 1. The Kier molecular flexibility index (Phi) is 7.95. The van der Waals surface area contributed by atoms with Crippen LogP contribution in [0.15, 0.2) is 65.0 Å². The smallest absolute Gasteiger partial charge is 0.270 e. The maximum Gasteiger partial charge on any atom is 0.270 e. The lowest BCUT2D eigenvalue weighted by molar-refractivity contribution is 0.104. The molecule has 1 aliphatic rings. The molecule has 0 unspecified atom stereocenters. The molecule has 0 spiro atoms. The third kappa shape index (κ3) is 5.39. The number of Topliss-reactive ketones (excluding diaryl/α,β-unsaturated/α-hetero) is 1. The number of sulfonamides is 1. The van der Waals surface area contributed by atoms with Gasteiger partial charge in [-0.3, -0.25) is 9.10 Å². The molecule has 1 aliphatic heterocycles. The predicted octanol–water partition coefficient (Wildman–Crippen LogP) is 4.89. The van der Waals surface area contributed by atoms with Gasteiger partial charge in [-0.2, -0.15) is 0 Å². The van der Waals surface area contributed by atoms with E-state index >= 15 is 0 Å². The van der Waals surface area contributed by atoms with Crippen molar-refractivity contribution in [2.45, 2.75) is 26.8 Å². The van der Waals surface area contributed by atoms with Crippen LogP contribution in [0.2, 0.25) is 0 Å². The molecule has 3 aromatic rings. The molecule has 7 nitrogen and oxygen atoms in total. The monoisotopic (exact) mass is 530 g/mol. The minimum absolute atomic E-state index is 0.0825. The number of thiophene rings is 1. The third-order valence-electron chi connectivity index (χ3n) is 5.53. The first-order chi connectivity index (χ1) is 17.3. The lowest BCUT2D eigenvalue weighted by Crippen LogP contribution is -2.38.